The van der Waals surface area contributed by atoms with Gasteiger partial charge in [0.05, 0.1) is 18.2 Å². The van der Waals surface area contributed by atoms with Crippen molar-refractivity contribution in [3.63, 3.8) is 0 Å². The van der Waals surface area contributed by atoms with Crippen molar-refractivity contribution in [2.75, 3.05) is 17.2 Å². The first-order chi connectivity index (χ1) is 16.0. The van der Waals surface area contributed by atoms with Gasteiger partial charge in [-0.2, -0.15) is 5.26 Å². The van der Waals surface area contributed by atoms with Crippen LogP contribution in [0.4, 0.5) is 14.5 Å². The first-order valence-corrected chi connectivity index (χ1v) is 11.0. The Kier molecular flexibility index (Phi) is 8.55. The maximum atomic E-state index is 13.8. The van der Waals surface area contributed by atoms with Gasteiger partial charge in [0.2, 0.25) is 5.91 Å². The molecule has 0 radical (unpaired) electrons. The Hall–Kier alpha value is -3.71. The largest absolute Gasteiger partial charge is 0.483 e. The van der Waals surface area contributed by atoms with Crippen molar-refractivity contribution in [1.29, 1.82) is 5.26 Å². The molecular formula is C23H21F2N5O2S. The molecule has 1 aromatic heterocycles. The zero-order chi connectivity index (χ0) is 23.6. The van der Waals surface area contributed by atoms with E-state index in [0.717, 1.165) is 11.8 Å². The van der Waals surface area contributed by atoms with E-state index >= 15 is 0 Å². The Bertz CT molecular complexity index is 1140. The van der Waals surface area contributed by atoms with Gasteiger partial charge in [-0.3, -0.25) is 9.36 Å². The van der Waals surface area contributed by atoms with Crippen LogP contribution in [0, 0.1) is 23.0 Å². The molecule has 0 aliphatic heterocycles. The fourth-order valence-electron chi connectivity index (χ4n) is 2.93. The Balaban J connectivity index is 1.70. The first kappa shape index (κ1) is 23.9. The molecule has 0 unspecified atom stereocenters. The molecule has 33 heavy (non-hydrogen) atoms. The second kappa shape index (κ2) is 11.8. The number of para-hydroxylation sites is 1. The molecule has 0 atom stereocenters. The van der Waals surface area contributed by atoms with Crippen LogP contribution in [0.15, 0.2) is 66.3 Å². The van der Waals surface area contributed by atoms with E-state index in [1.807, 2.05) is 6.07 Å². The topological polar surface area (TPSA) is 84.0 Å². The number of aromatic nitrogens is 3. The van der Waals surface area contributed by atoms with E-state index in [4.69, 9.17) is 10.00 Å². The number of amides is 1. The van der Waals surface area contributed by atoms with Gasteiger partial charge in [-0.05, 0) is 36.4 Å². The quantitative estimate of drug-likeness (QED) is 0.307. The maximum Gasteiger partial charge on any atom is 0.237 e. The number of ether oxygens (including phenoxy) is 1. The summed E-state index contributed by atoms with van der Waals surface area (Å²) in [4.78, 5) is 14.3. The van der Waals surface area contributed by atoms with Gasteiger partial charge in [0.1, 0.15) is 12.4 Å². The molecule has 1 amide bonds. The predicted molar refractivity (Wildman–Crippen MR) is 121 cm³/mol. The number of allylic oxidation sites excluding steroid dienone is 1. The zero-order valence-electron chi connectivity index (χ0n) is 17.7. The third-order valence-electron chi connectivity index (χ3n) is 4.51. The number of hydrogen-bond donors (Lipinski definition) is 0. The second-order valence-corrected chi connectivity index (χ2v) is 7.68. The first-order valence-electron chi connectivity index (χ1n) is 9.99. The third kappa shape index (κ3) is 6.40. The van der Waals surface area contributed by atoms with Crippen LogP contribution in [-0.4, -0.2) is 33.0 Å². The van der Waals surface area contributed by atoms with E-state index in [9.17, 15) is 13.6 Å². The fraction of sp³-hybridized carbons (Fsp3) is 0.217. The molecule has 2 aromatic carbocycles. The molecule has 0 aliphatic carbocycles. The van der Waals surface area contributed by atoms with Crippen LogP contribution in [0.2, 0.25) is 0 Å². The summed E-state index contributed by atoms with van der Waals surface area (Å²) in [5.74, 6) is -0.587. The molecule has 1 heterocycles. The monoisotopic (exact) mass is 469 g/mol. The standard InChI is InChI=1S/C23H21F2N5O2S/c1-2-13-30-21(15-32-20-7-4-3-6-19(20)25)27-28-23(30)33-16-22(31)29(14-5-12-26)18-10-8-17(24)9-11-18/h2-4,6-11H,1,5,13-16H2. The van der Waals surface area contributed by atoms with Crippen LogP contribution in [0.3, 0.4) is 0 Å². The van der Waals surface area contributed by atoms with Crippen LogP contribution in [0.1, 0.15) is 12.2 Å². The van der Waals surface area contributed by atoms with Crippen molar-refractivity contribution >= 4 is 23.4 Å². The lowest BCUT2D eigenvalue weighted by molar-refractivity contribution is -0.116. The average Bonchev–Trinajstić information content (AvgIpc) is 3.20. The van der Waals surface area contributed by atoms with Gasteiger partial charge in [-0.25, -0.2) is 8.78 Å². The summed E-state index contributed by atoms with van der Waals surface area (Å²) in [6.45, 7) is 4.27. The van der Waals surface area contributed by atoms with E-state index in [1.165, 1.54) is 41.3 Å². The summed E-state index contributed by atoms with van der Waals surface area (Å²) < 4.78 is 34.3. The van der Waals surface area contributed by atoms with Crippen LogP contribution < -0.4 is 9.64 Å². The summed E-state index contributed by atoms with van der Waals surface area (Å²) in [5.41, 5.74) is 0.504. The Morgan fingerprint density at radius 1 is 1.21 bits per heavy atom. The number of nitriles is 1. The number of halogens is 2. The minimum atomic E-state index is -0.481. The number of benzene rings is 2. The van der Waals surface area contributed by atoms with Crippen LogP contribution in [-0.2, 0) is 17.9 Å². The minimum absolute atomic E-state index is 0.0137. The van der Waals surface area contributed by atoms with Gasteiger partial charge < -0.3 is 9.64 Å². The van der Waals surface area contributed by atoms with E-state index in [-0.39, 0.29) is 37.0 Å². The van der Waals surface area contributed by atoms with Gasteiger partial charge in [-0.1, -0.05) is 30.0 Å². The highest BCUT2D eigenvalue weighted by Gasteiger charge is 2.19. The number of carbonyl (C=O) groups excluding carboxylic acids is 1. The fourth-order valence-corrected chi connectivity index (χ4v) is 3.78. The molecule has 10 heteroatoms. The van der Waals surface area contributed by atoms with Crippen molar-refractivity contribution in [1.82, 2.24) is 14.8 Å². The number of thioether (sulfide) groups is 1. The van der Waals surface area contributed by atoms with Crippen molar-refractivity contribution in [3.8, 4) is 11.8 Å². The predicted octanol–water partition coefficient (Wildman–Crippen LogP) is 4.36. The molecule has 0 saturated carbocycles. The lowest BCUT2D eigenvalue weighted by Gasteiger charge is -2.21. The third-order valence-corrected chi connectivity index (χ3v) is 5.46. The van der Waals surface area contributed by atoms with Gasteiger partial charge in [0.15, 0.2) is 22.5 Å². The molecule has 0 bridgehead atoms. The van der Waals surface area contributed by atoms with Crippen LogP contribution in [0.25, 0.3) is 0 Å². The molecular weight excluding hydrogens is 448 g/mol. The Morgan fingerprint density at radius 3 is 2.67 bits per heavy atom. The van der Waals surface area contributed by atoms with Crippen molar-refractivity contribution in [2.45, 2.75) is 24.7 Å². The molecule has 170 valence electrons. The van der Waals surface area contributed by atoms with E-state index in [1.54, 1.807) is 22.8 Å². The number of carbonyl (C=O) groups is 1. The van der Waals surface area contributed by atoms with Gasteiger partial charge >= 0.3 is 0 Å². The van der Waals surface area contributed by atoms with E-state index < -0.39 is 11.6 Å². The summed E-state index contributed by atoms with van der Waals surface area (Å²) in [6, 6.07) is 13.6. The number of rotatable bonds is 11. The zero-order valence-corrected chi connectivity index (χ0v) is 18.5. The number of nitrogens with zero attached hydrogens (tertiary/aromatic N) is 5. The molecule has 3 aromatic rings. The normalized spacial score (nSPS) is 10.5. The van der Waals surface area contributed by atoms with Crippen LogP contribution >= 0.6 is 11.8 Å². The number of anilines is 1. The smallest absolute Gasteiger partial charge is 0.237 e. The molecule has 0 fully saturated rings. The lowest BCUT2D eigenvalue weighted by atomic mass is 10.2. The second-order valence-electron chi connectivity index (χ2n) is 6.74. The Labute approximate surface area is 194 Å². The van der Waals surface area contributed by atoms with E-state index in [0.29, 0.717) is 23.2 Å². The highest BCUT2D eigenvalue weighted by molar-refractivity contribution is 7.99. The summed E-state index contributed by atoms with van der Waals surface area (Å²) in [5, 5.41) is 17.6. The maximum absolute atomic E-state index is 13.8. The summed E-state index contributed by atoms with van der Waals surface area (Å²) >= 11 is 1.16. The minimum Gasteiger partial charge on any atom is -0.483 e. The summed E-state index contributed by atoms with van der Waals surface area (Å²) in [7, 11) is 0. The summed E-state index contributed by atoms with van der Waals surface area (Å²) in [6.07, 6.45) is 1.79. The highest BCUT2D eigenvalue weighted by Crippen LogP contribution is 2.22. The lowest BCUT2D eigenvalue weighted by Crippen LogP contribution is -2.33. The van der Waals surface area contributed by atoms with Gasteiger partial charge in [0.25, 0.3) is 0 Å². The van der Waals surface area contributed by atoms with Gasteiger partial charge in [-0.15, -0.1) is 16.8 Å². The molecule has 7 nitrogen and oxygen atoms in total. The molecule has 0 saturated heterocycles. The molecule has 0 spiro atoms. The van der Waals surface area contributed by atoms with Crippen molar-refractivity contribution < 1.29 is 18.3 Å². The molecule has 3 rings (SSSR count). The number of hydrogen-bond acceptors (Lipinski definition) is 6. The average molecular weight is 470 g/mol. The molecule has 0 N–H and O–H groups in total. The van der Waals surface area contributed by atoms with Crippen LogP contribution in [0.5, 0.6) is 5.75 Å². The van der Waals surface area contributed by atoms with Gasteiger partial charge in [0, 0.05) is 18.8 Å². The van der Waals surface area contributed by atoms with E-state index in [2.05, 4.69) is 16.8 Å². The SMILES string of the molecule is C=CCn1c(COc2ccccc2F)nnc1SCC(=O)N(CCC#N)c1ccc(F)cc1. The van der Waals surface area contributed by atoms with Crippen molar-refractivity contribution in [2.24, 2.45) is 0 Å². The molecule has 0 aliphatic rings. The van der Waals surface area contributed by atoms with Crippen molar-refractivity contribution in [3.05, 3.63) is 78.6 Å². The highest BCUT2D eigenvalue weighted by atomic mass is 32.2. The Morgan fingerprint density at radius 2 is 1.97 bits per heavy atom.